The first kappa shape index (κ1) is 35.9. The molecule has 0 radical (unpaired) electrons. The number of halogens is 5. The summed E-state index contributed by atoms with van der Waals surface area (Å²) < 4.78 is 128. The van der Waals surface area contributed by atoms with Crippen molar-refractivity contribution in [2.24, 2.45) is 18.1 Å². The van der Waals surface area contributed by atoms with Gasteiger partial charge in [-0.05, 0) is 65.5 Å². The van der Waals surface area contributed by atoms with Crippen molar-refractivity contribution in [1.82, 2.24) is 4.86 Å². The van der Waals surface area contributed by atoms with Gasteiger partial charge >= 0.3 is 39.1 Å². The molecule has 1 heterocycles. The van der Waals surface area contributed by atoms with Crippen molar-refractivity contribution in [2.75, 3.05) is 0 Å². The van der Waals surface area contributed by atoms with Gasteiger partial charge in [0.2, 0.25) is 0 Å². The Kier molecular flexibility index (Phi) is 10.8. The lowest BCUT2D eigenvalue weighted by atomic mass is 10.3. The van der Waals surface area contributed by atoms with Crippen molar-refractivity contribution >= 4 is 39.1 Å². The van der Waals surface area contributed by atoms with Gasteiger partial charge in [0, 0.05) is 8.71 Å². The number of hydrogen-bond acceptors (Lipinski definition) is 10. The maximum absolute atomic E-state index is 17.3. The van der Waals surface area contributed by atoms with Crippen LogP contribution in [0.25, 0.3) is 0 Å². The van der Waals surface area contributed by atoms with Crippen molar-refractivity contribution in [3.63, 3.8) is 0 Å². The van der Waals surface area contributed by atoms with Crippen LogP contribution in [0.15, 0.2) is 170 Å². The monoisotopic (exact) mass is 786 g/mol. The van der Waals surface area contributed by atoms with Crippen LogP contribution >= 0.6 is 39.1 Å². The number of nitrogens with one attached hydrogen (secondary N) is 1. The Hall–Kier alpha value is -3.94. The fourth-order valence-corrected chi connectivity index (χ4v) is 15.6. The number of hydrogen-bond donors (Lipinski definition) is 1. The lowest BCUT2D eigenvalue weighted by Crippen LogP contribution is -2.15. The van der Waals surface area contributed by atoms with Crippen molar-refractivity contribution in [1.29, 1.82) is 0 Å². The second-order valence-electron chi connectivity index (χ2n) is 9.90. The standard InChI is InChI=1S/C30H26F5N5O5P5/c31-46(41-26-16-6-1-7-17-26)36-47(32,42-27-18-8-2-9-19-27)38-49(34,44-29-22-12-4-13-23-29)40-50(35,45-30-24-14-5-15-25-30)39-48(33,37-46)43-28-20-10-3-11-21-28/h1-25,36H/q+1. The average molecular weight is 786 g/mol. The quantitative estimate of drug-likeness (QED) is 0.112. The van der Waals surface area contributed by atoms with Crippen LogP contribution in [0.5, 0.6) is 28.7 Å². The molecule has 1 aliphatic heterocycles. The second-order valence-corrected chi connectivity index (χ2v) is 19.3. The van der Waals surface area contributed by atoms with Gasteiger partial charge in [0.15, 0.2) is 5.75 Å². The van der Waals surface area contributed by atoms with Crippen LogP contribution in [0.2, 0.25) is 0 Å². The van der Waals surface area contributed by atoms with Gasteiger partial charge in [-0.2, -0.15) is 0 Å². The first-order valence-electron chi connectivity index (χ1n) is 14.4. The highest BCUT2D eigenvalue weighted by Crippen LogP contribution is 2.81. The van der Waals surface area contributed by atoms with Crippen LogP contribution in [-0.2, 0) is 0 Å². The molecule has 6 rings (SSSR count). The van der Waals surface area contributed by atoms with Crippen molar-refractivity contribution < 1.29 is 43.6 Å². The molecule has 10 nitrogen and oxygen atoms in total. The lowest BCUT2D eigenvalue weighted by Gasteiger charge is -2.24. The fourth-order valence-electron chi connectivity index (χ4n) is 4.08. The zero-order chi connectivity index (χ0) is 35.1. The summed E-state index contributed by atoms with van der Waals surface area (Å²) in [5.74, 6) is -1.37. The Balaban J connectivity index is 1.67. The van der Waals surface area contributed by atoms with Crippen LogP contribution < -0.4 is 27.5 Å². The number of nitrogens with zero attached hydrogens (tertiary/aromatic N) is 4. The van der Waals surface area contributed by atoms with E-state index in [-0.39, 0.29) is 28.7 Å². The van der Waals surface area contributed by atoms with Gasteiger partial charge in [0.25, 0.3) is 0 Å². The molecule has 50 heavy (non-hydrogen) atoms. The van der Waals surface area contributed by atoms with E-state index in [1.807, 2.05) is 0 Å². The molecular weight excluding hydrogens is 760 g/mol. The van der Waals surface area contributed by atoms with E-state index in [1.165, 1.54) is 121 Å². The van der Waals surface area contributed by atoms with Gasteiger partial charge < -0.3 is 18.1 Å². The summed E-state index contributed by atoms with van der Waals surface area (Å²) in [4.78, 5) is 1.79. The molecule has 0 saturated carbocycles. The Morgan fingerprint density at radius 2 is 0.740 bits per heavy atom. The molecule has 0 amide bonds. The van der Waals surface area contributed by atoms with E-state index in [0.29, 0.717) is 0 Å². The largest absolute Gasteiger partial charge is 0.591 e. The number of benzene rings is 5. The topological polar surface area (TPSA) is 108 Å². The maximum Gasteiger partial charge on any atom is 0.591 e. The normalized spacial score (nSPS) is 27.9. The Morgan fingerprint density at radius 1 is 0.420 bits per heavy atom. The van der Waals surface area contributed by atoms with E-state index in [1.54, 1.807) is 35.2 Å². The van der Waals surface area contributed by atoms with Crippen molar-refractivity contribution in [3.05, 3.63) is 152 Å². The molecule has 260 valence electrons. The summed E-state index contributed by atoms with van der Waals surface area (Å²) in [6.07, 6.45) is 0. The van der Waals surface area contributed by atoms with Crippen molar-refractivity contribution in [3.8, 4) is 28.7 Å². The van der Waals surface area contributed by atoms with Gasteiger partial charge in [-0.1, -0.05) is 91.0 Å². The van der Waals surface area contributed by atoms with Crippen LogP contribution in [0.3, 0.4) is 0 Å². The molecule has 0 aromatic heterocycles. The zero-order valence-corrected chi connectivity index (χ0v) is 29.9. The van der Waals surface area contributed by atoms with E-state index < -0.39 is 39.1 Å². The summed E-state index contributed by atoms with van der Waals surface area (Å²) in [7, 11) is -28.6. The third-order valence-corrected chi connectivity index (χ3v) is 17.3. The number of rotatable bonds is 10. The molecule has 5 aromatic carbocycles. The first-order valence-corrected chi connectivity index (χ1v) is 22.0. The van der Waals surface area contributed by atoms with Gasteiger partial charge in [-0.3, -0.25) is 4.52 Å². The third kappa shape index (κ3) is 9.85. The van der Waals surface area contributed by atoms with E-state index in [4.69, 9.17) is 22.6 Å². The smallest absolute Gasteiger partial charge is 0.422 e. The minimum Gasteiger partial charge on any atom is -0.422 e. The Morgan fingerprint density at radius 3 is 1.16 bits per heavy atom. The minimum atomic E-state index is -5.77. The second kappa shape index (κ2) is 15.1. The molecule has 5 atom stereocenters. The molecule has 5 aromatic rings. The highest BCUT2D eigenvalue weighted by molar-refractivity contribution is 7.82. The summed E-state index contributed by atoms with van der Waals surface area (Å²) in [6, 6.07) is 34.9. The molecule has 1 N–H and O–H groups in total. The molecule has 0 spiro atoms. The molecule has 1 aliphatic rings. The summed E-state index contributed by atoms with van der Waals surface area (Å²) >= 11 is 0. The summed E-state index contributed by atoms with van der Waals surface area (Å²) in [5, 5.41) is 0. The van der Waals surface area contributed by atoms with Gasteiger partial charge in [-0.25, -0.2) is 0 Å². The average Bonchev–Trinajstić information content (AvgIpc) is 3.05. The molecule has 0 aliphatic carbocycles. The molecule has 0 saturated heterocycles. The van der Waals surface area contributed by atoms with Gasteiger partial charge in [-0.15, -0.1) is 30.3 Å². The van der Waals surface area contributed by atoms with Gasteiger partial charge in [0.05, 0.1) is 0 Å². The minimum absolute atomic E-state index is 0.262. The molecular formula is C30H26F5N5O5P5+. The van der Waals surface area contributed by atoms with E-state index in [2.05, 4.69) is 18.1 Å². The van der Waals surface area contributed by atoms with E-state index in [0.717, 1.165) is 0 Å². The van der Waals surface area contributed by atoms with Gasteiger partial charge in [0.1, 0.15) is 23.0 Å². The SMILES string of the molecule is FP1(Oc2ccccc2)=NP(F)(Oc2ccccc2)=N[P+](F)(Oc2ccccc2)NP(F)(Oc2ccccc2)=NP(F)(Oc2ccccc2)=N1. The van der Waals surface area contributed by atoms with Crippen LogP contribution in [-0.4, -0.2) is 0 Å². The van der Waals surface area contributed by atoms with E-state index in [9.17, 15) is 0 Å². The zero-order valence-electron chi connectivity index (χ0n) is 25.4. The first-order chi connectivity index (χ1) is 23.9. The molecule has 0 bridgehead atoms. The van der Waals surface area contributed by atoms with Crippen LogP contribution in [0.1, 0.15) is 0 Å². The third-order valence-electron chi connectivity index (χ3n) is 5.97. The Labute approximate surface area is 285 Å². The summed E-state index contributed by atoms with van der Waals surface area (Å²) in [6.45, 7) is 0. The lowest BCUT2D eigenvalue weighted by molar-refractivity contribution is 0.502. The van der Waals surface area contributed by atoms with Crippen LogP contribution in [0, 0.1) is 0 Å². The Bertz CT molecular complexity index is 2150. The fraction of sp³-hybridized carbons (Fsp3) is 0. The van der Waals surface area contributed by atoms with Crippen molar-refractivity contribution in [2.45, 2.75) is 0 Å². The molecule has 5 unspecified atom stereocenters. The maximum atomic E-state index is 17.3. The summed E-state index contributed by atoms with van der Waals surface area (Å²) in [5.41, 5.74) is 0. The van der Waals surface area contributed by atoms with E-state index >= 15 is 21.0 Å². The highest BCUT2D eigenvalue weighted by Gasteiger charge is 2.58. The molecule has 0 fully saturated rings. The number of para-hydroxylation sites is 5. The predicted molar refractivity (Wildman–Crippen MR) is 188 cm³/mol. The molecule has 20 heteroatoms. The highest BCUT2D eigenvalue weighted by atomic mass is 31.3. The predicted octanol–water partition coefficient (Wildman–Crippen LogP) is 14.3. The van der Waals surface area contributed by atoms with Crippen LogP contribution in [0.4, 0.5) is 21.0 Å².